The second-order valence-corrected chi connectivity index (χ2v) is 4.50. The minimum atomic E-state index is 0.455. The maximum atomic E-state index is 11.4. The maximum Gasteiger partial charge on any atom is 0.132 e. The van der Waals surface area contributed by atoms with Gasteiger partial charge < -0.3 is 0 Å². The van der Waals surface area contributed by atoms with Crippen molar-refractivity contribution >= 4 is 5.78 Å². The number of rotatable bonds is 11. The average molecular weight is 224 g/mol. The van der Waals surface area contributed by atoms with Gasteiger partial charge in [-0.2, -0.15) is 0 Å². The van der Waals surface area contributed by atoms with E-state index in [0.717, 1.165) is 38.5 Å². The fourth-order valence-electron chi connectivity index (χ4n) is 1.64. The molecular weight excluding hydrogens is 196 g/mol. The van der Waals surface area contributed by atoms with E-state index < -0.39 is 0 Å². The molecule has 0 radical (unpaired) electrons. The molecule has 0 aliphatic heterocycles. The van der Waals surface area contributed by atoms with E-state index in [1.807, 2.05) is 0 Å². The first-order valence-corrected chi connectivity index (χ1v) is 6.98. The summed E-state index contributed by atoms with van der Waals surface area (Å²) >= 11 is 0. The predicted molar refractivity (Wildman–Crippen MR) is 71.7 cm³/mol. The van der Waals surface area contributed by atoms with Crippen LogP contribution in [0.3, 0.4) is 0 Å². The molecule has 0 bridgehead atoms. The molecule has 1 nitrogen and oxygen atoms in total. The van der Waals surface area contributed by atoms with Gasteiger partial charge in [0.05, 0.1) is 0 Å². The van der Waals surface area contributed by atoms with Gasteiger partial charge in [0, 0.05) is 12.8 Å². The van der Waals surface area contributed by atoms with Gasteiger partial charge in [-0.25, -0.2) is 0 Å². The molecule has 0 saturated heterocycles. The molecule has 0 aliphatic carbocycles. The van der Waals surface area contributed by atoms with Crippen LogP contribution in [0.4, 0.5) is 0 Å². The topological polar surface area (TPSA) is 17.1 Å². The fourth-order valence-corrected chi connectivity index (χ4v) is 1.64. The van der Waals surface area contributed by atoms with Gasteiger partial charge in [-0.1, -0.05) is 45.3 Å². The minimum Gasteiger partial charge on any atom is -0.300 e. The third kappa shape index (κ3) is 11.5. The van der Waals surface area contributed by atoms with Crippen LogP contribution in [0.5, 0.6) is 0 Å². The van der Waals surface area contributed by atoms with E-state index in [-0.39, 0.29) is 0 Å². The lowest BCUT2D eigenvalue weighted by atomic mass is 10.1. The van der Waals surface area contributed by atoms with Crippen molar-refractivity contribution in [1.82, 2.24) is 0 Å². The largest absolute Gasteiger partial charge is 0.300 e. The molecule has 0 amide bonds. The average Bonchev–Trinajstić information content (AvgIpc) is 2.30. The molecule has 0 spiro atoms. The molecule has 94 valence electrons. The van der Waals surface area contributed by atoms with Gasteiger partial charge in [-0.15, -0.1) is 0 Å². The lowest BCUT2D eigenvalue weighted by molar-refractivity contribution is -0.119. The first-order chi connectivity index (χ1) is 7.81. The molecule has 0 unspecified atom stereocenters. The Balaban J connectivity index is 3.19. The zero-order valence-corrected chi connectivity index (χ0v) is 11.1. The van der Waals surface area contributed by atoms with Gasteiger partial charge in [-0.3, -0.25) is 4.79 Å². The molecule has 0 aromatic rings. The Labute approximate surface area is 101 Å². The Morgan fingerprint density at radius 3 is 2.00 bits per heavy atom. The van der Waals surface area contributed by atoms with E-state index in [0.29, 0.717) is 5.78 Å². The summed E-state index contributed by atoms with van der Waals surface area (Å²) in [5, 5.41) is 0. The monoisotopic (exact) mass is 224 g/mol. The Kier molecular flexibility index (Phi) is 12.0. The van der Waals surface area contributed by atoms with Gasteiger partial charge in [0.1, 0.15) is 5.78 Å². The van der Waals surface area contributed by atoms with Crippen LogP contribution in [0, 0.1) is 0 Å². The first-order valence-electron chi connectivity index (χ1n) is 6.98. The van der Waals surface area contributed by atoms with Crippen LogP contribution in [0.1, 0.15) is 78.1 Å². The third-order valence-electron chi connectivity index (χ3n) is 2.78. The highest BCUT2D eigenvalue weighted by atomic mass is 16.1. The molecule has 0 atom stereocenters. The second-order valence-electron chi connectivity index (χ2n) is 4.50. The van der Waals surface area contributed by atoms with E-state index in [9.17, 15) is 4.79 Å². The molecule has 0 saturated carbocycles. The molecule has 0 fully saturated rings. The molecule has 0 aliphatic rings. The van der Waals surface area contributed by atoms with E-state index in [1.165, 1.54) is 25.7 Å². The minimum absolute atomic E-state index is 0.455. The summed E-state index contributed by atoms with van der Waals surface area (Å²) < 4.78 is 0. The number of carbonyl (C=O) groups excluding carboxylic acids is 1. The number of carbonyl (C=O) groups is 1. The number of unbranched alkanes of at least 4 members (excludes halogenated alkanes) is 5. The van der Waals surface area contributed by atoms with Gasteiger partial charge in [0.15, 0.2) is 0 Å². The van der Waals surface area contributed by atoms with Crippen molar-refractivity contribution in [2.45, 2.75) is 78.1 Å². The van der Waals surface area contributed by atoms with Gasteiger partial charge >= 0.3 is 0 Å². The molecule has 0 N–H and O–H groups in total. The number of hydrogen-bond acceptors (Lipinski definition) is 1. The smallest absolute Gasteiger partial charge is 0.132 e. The molecule has 16 heavy (non-hydrogen) atoms. The zero-order chi connectivity index (χ0) is 12.1. The summed E-state index contributed by atoms with van der Waals surface area (Å²) in [6.45, 7) is 4.35. The van der Waals surface area contributed by atoms with Crippen LogP contribution in [0.25, 0.3) is 0 Å². The SMILES string of the molecule is CCCC/C=C/CCCCC(=O)CCCC. The number of allylic oxidation sites excluding steroid dienone is 2. The van der Waals surface area contributed by atoms with Crippen molar-refractivity contribution in [3.05, 3.63) is 12.2 Å². The van der Waals surface area contributed by atoms with E-state index >= 15 is 0 Å². The van der Waals surface area contributed by atoms with Crippen molar-refractivity contribution in [2.75, 3.05) is 0 Å². The quantitative estimate of drug-likeness (QED) is 0.354. The number of ketones is 1. The lowest BCUT2D eigenvalue weighted by Gasteiger charge is -1.98. The van der Waals surface area contributed by atoms with E-state index in [4.69, 9.17) is 0 Å². The first kappa shape index (κ1) is 15.4. The number of Topliss-reactive ketones (excluding diaryl/α,β-unsaturated/α-hetero) is 1. The van der Waals surface area contributed by atoms with Crippen molar-refractivity contribution in [2.24, 2.45) is 0 Å². The molecule has 0 rings (SSSR count). The summed E-state index contributed by atoms with van der Waals surface area (Å²) in [5.41, 5.74) is 0. The Morgan fingerprint density at radius 1 is 0.812 bits per heavy atom. The van der Waals surface area contributed by atoms with Gasteiger partial charge in [0.25, 0.3) is 0 Å². The van der Waals surface area contributed by atoms with Gasteiger partial charge in [0.2, 0.25) is 0 Å². The highest BCUT2D eigenvalue weighted by molar-refractivity contribution is 5.78. The molecule has 0 aromatic carbocycles. The summed E-state index contributed by atoms with van der Waals surface area (Å²) in [6, 6.07) is 0. The van der Waals surface area contributed by atoms with Crippen LogP contribution in [-0.2, 0) is 4.79 Å². The summed E-state index contributed by atoms with van der Waals surface area (Å²) in [4.78, 5) is 11.4. The summed E-state index contributed by atoms with van der Waals surface area (Å²) in [5.74, 6) is 0.455. The highest BCUT2D eigenvalue weighted by Gasteiger charge is 1.99. The molecule has 1 heteroatoms. The van der Waals surface area contributed by atoms with E-state index in [1.54, 1.807) is 0 Å². The van der Waals surface area contributed by atoms with Crippen LogP contribution in [-0.4, -0.2) is 5.78 Å². The van der Waals surface area contributed by atoms with Crippen LogP contribution < -0.4 is 0 Å². The third-order valence-corrected chi connectivity index (χ3v) is 2.78. The molecule has 0 heterocycles. The fraction of sp³-hybridized carbons (Fsp3) is 0.800. The van der Waals surface area contributed by atoms with E-state index in [2.05, 4.69) is 26.0 Å². The number of hydrogen-bond donors (Lipinski definition) is 0. The van der Waals surface area contributed by atoms with Crippen molar-refractivity contribution in [1.29, 1.82) is 0 Å². The Morgan fingerprint density at radius 2 is 1.38 bits per heavy atom. The summed E-state index contributed by atoms with van der Waals surface area (Å²) in [7, 11) is 0. The second kappa shape index (κ2) is 12.5. The Bertz CT molecular complexity index is 182. The zero-order valence-electron chi connectivity index (χ0n) is 11.1. The van der Waals surface area contributed by atoms with Crippen molar-refractivity contribution in [3.8, 4) is 0 Å². The van der Waals surface area contributed by atoms with Crippen LogP contribution in [0.2, 0.25) is 0 Å². The summed E-state index contributed by atoms with van der Waals surface area (Å²) in [6.07, 6.45) is 15.5. The Hall–Kier alpha value is -0.590. The van der Waals surface area contributed by atoms with Gasteiger partial charge in [-0.05, 0) is 32.1 Å². The van der Waals surface area contributed by atoms with Crippen LogP contribution in [0.15, 0.2) is 12.2 Å². The molecule has 0 aromatic heterocycles. The van der Waals surface area contributed by atoms with Crippen molar-refractivity contribution < 1.29 is 4.79 Å². The predicted octanol–water partition coefficient (Wildman–Crippen LogP) is 5.05. The van der Waals surface area contributed by atoms with Crippen molar-refractivity contribution in [3.63, 3.8) is 0 Å². The standard InChI is InChI=1S/C15H28O/c1-3-5-7-8-9-10-11-12-14-15(16)13-6-4-2/h8-9H,3-7,10-14H2,1-2H3/b9-8+. The highest BCUT2D eigenvalue weighted by Crippen LogP contribution is 2.06. The maximum absolute atomic E-state index is 11.4. The lowest BCUT2D eigenvalue weighted by Crippen LogP contribution is -1.96. The molecular formula is C15H28O. The van der Waals surface area contributed by atoms with Crippen LogP contribution >= 0.6 is 0 Å². The normalized spacial score (nSPS) is 11.1.